The van der Waals surface area contributed by atoms with E-state index in [1.165, 1.54) is 4.31 Å². The summed E-state index contributed by atoms with van der Waals surface area (Å²) in [5, 5.41) is 2.95. The predicted octanol–water partition coefficient (Wildman–Crippen LogP) is 3.15. The van der Waals surface area contributed by atoms with Crippen LogP contribution in [-0.2, 0) is 21.2 Å². The Kier molecular flexibility index (Phi) is 7.60. The summed E-state index contributed by atoms with van der Waals surface area (Å²) in [6, 6.07) is 13.8. The molecule has 1 atom stereocenters. The van der Waals surface area contributed by atoms with Gasteiger partial charge in [-0.05, 0) is 42.3 Å². The van der Waals surface area contributed by atoms with Crippen molar-refractivity contribution in [1.82, 2.24) is 9.62 Å². The molecule has 2 rings (SSSR count). The molecule has 0 saturated carbocycles. The number of amides is 1. The summed E-state index contributed by atoms with van der Waals surface area (Å²) in [4.78, 5) is 12.6. The molecule has 0 fully saturated rings. The van der Waals surface area contributed by atoms with Crippen molar-refractivity contribution in [3.8, 4) is 5.75 Å². The first-order valence-electron chi connectivity index (χ1n) is 9.34. The zero-order valence-electron chi connectivity index (χ0n) is 16.8. The molecule has 2 aromatic rings. The van der Waals surface area contributed by atoms with Crippen LogP contribution < -0.4 is 10.1 Å². The van der Waals surface area contributed by atoms with E-state index in [2.05, 4.69) is 5.32 Å². The molecule has 152 valence electrons. The summed E-state index contributed by atoms with van der Waals surface area (Å²) in [6.07, 6.45) is 0.246. The first kappa shape index (κ1) is 21.9. The summed E-state index contributed by atoms with van der Waals surface area (Å²) < 4.78 is 31.7. The van der Waals surface area contributed by atoms with Crippen LogP contribution in [0.5, 0.6) is 5.75 Å². The predicted molar refractivity (Wildman–Crippen MR) is 110 cm³/mol. The number of carbonyl (C=O) groups is 1. The molecule has 0 heterocycles. The SMILES string of the molecule is CCN(CC)S(=O)(=O)c1ccc(C(C)NC(=O)Cc2cccc(OC)c2)cc1. The fourth-order valence-corrected chi connectivity index (χ4v) is 4.44. The molecule has 0 spiro atoms. The molecule has 1 unspecified atom stereocenters. The fourth-order valence-electron chi connectivity index (χ4n) is 2.98. The van der Waals surface area contributed by atoms with E-state index in [4.69, 9.17) is 4.74 Å². The van der Waals surface area contributed by atoms with Gasteiger partial charge in [-0.25, -0.2) is 8.42 Å². The summed E-state index contributed by atoms with van der Waals surface area (Å²) in [6.45, 7) is 6.36. The number of nitrogens with zero attached hydrogens (tertiary/aromatic N) is 1. The van der Waals surface area contributed by atoms with Crippen LogP contribution in [0.2, 0.25) is 0 Å². The van der Waals surface area contributed by atoms with E-state index in [1.54, 1.807) is 31.4 Å². The molecule has 0 aliphatic rings. The fraction of sp³-hybridized carbons (Fsp3) is 0.381. The van der Waals surface area contributed by atoms with Crippen LogP contribution in [0.15, 0.2) is 53.4 Å². The summed E-state index contributed by atoms with van der Waals surface area (Å²) in [7, 11) is -1.89. The van der Waals surface area contributed by atoms with Crippen molar-refractivity contribution in [2.75, 3.05) is 20.2 Å². The molecule has 0 aromatic heterocycles. The molecule has 0 aliphatic carbocycles. The van der Waals surface area contributed by atoms with Crippen LogP contribution in [0.25, 0.3) is 0 Å². The normalized spacial score (nSPS) is 12.6. The van der Waals surface area contributed by atoms with Crippen LogP contribution in [-0.4, -0.2) is 38.8 Å². The Morgan fingerprint density at radius 1 is 1.11 bits per heavy atom. The third kappa shape index (κ3) is 5.33. The highest BCUT2D eigenvalue weighted by atomic mass is 32.2. The number of sulfonamides is 1. The largest absolute Gasteiger partial charge is 0.497 e. The van der Waals surface area contributed by atoms with Crippen molar-refractivity contribution >= 4 is 15.9 Å². The van der Waals surface area contributed by atoms with Crippen molar-refractivity contribution in [3.63, 3.8) is 0 Å². The van der Waals surface area contributed by atoms with Crippen LogP contribution >= 0.6 is 0 Å². The molecular formula is C21H28N2O4S. The Bertz CT molecular complexity index is 891. The number of hydrogen-bond donors (Lipinski definition) is 1. The van der Waals surface area contributed by atoms with Gasteiger partial charge in [0.2, 0.25) is 15.9 Å². The molecular weight excluding hydrogens is 376 g/mol. The van der Waals surface area contributed by atoms with Gasteiger partial charge in [-0.2, -0.15) is 4.31 Å². The molecule has 0 saturated heterocycles. The lowest BCUT2D eigenvalue weighted by atomic mass is 10.1. The van der Waals surface area contributed by atoms with Gasteiger partial charge in [-0.15, -0.1) is 0 Å². The lowest BCUT2D eigenvalue weighted by molar-refractivity contribution is -0.121. The molecule has 1 N–H and O–H groups in total. The number of ether oxygens (including phenoxy) is 1. The second-order valence-corrected chi connectivity index (χ2v) is 8.41. The first-order valence-corrected chi connectivity index (χ1v) is 10.8. The molecule has 2 aromatic carbocycles. The zero-order chi connectivity index (χ0) is 20.7. The molecule has 0 aliphatic heterocycles. The van der Waals surface area contributed by atoms with E-state index >= 15 is 0 Å². The lowest BCUT2D eigenvalue weighted by Gasteiger charge is -2.19. The standard InChI is InChI=1S/C21H28N2O4S/c1-5-23(6-2)28(25,26)20-12-10-18(11-13-20)16(3)22-21(24)15-17-8-7-9-19(14-17)27-4/h7-14,16H,5-6,15H2,1-4H3,(H,22,24). The Balaban J connectivity index is 2.04. The third-order valence-electron chi connectivity index (χ3n) is 4.60. The maximum Gasteiger partial charge on any atom is 0.243 e. The van der Waals surface area contributed by atoms with E-state index in [9.17, 15) is 13.2 Å². The van der Waals surface area contributed by atoms with E-state index in [-0.39, 0.29) is 23.3 Å². The van der Waals surface area contributed by atoms with Gasteiger partial charge in [0, 0.05) is 13.1 Å². The zero-order valence-corrected chi connectivity index (χ0v) is 17.6. The average Bonchev–Trinajstić information content (AvgIpc) is 2.68. The van der Waals surface area contributed by atoms with Gasteiger partial charge < -0.3 is 10.1 Å². The summed E-state index contributed by atoms with van der Waals surface area (Å²) in [5.41, 5.74) is 1.71. The molecule has 7 heteroatoms. The first-order chi connectivity index (χ1) is 13.3. The molecule has 28 heavy (non-hydrogen) atoms. The highest BCUT2D eigenvalue weighted by molar-refractivity contribution is 7.89. The average molecular weight is 405 g/mol. The van der Waals surface area contributed by atoms with E-state index < -0.39 is 10.0 Å². The number of hydrogen-bond acceptors (Lipinski definition) is 4. The van der Waals surface area contributed by atoms with Crippen molar-refractivity contribution in [1.29, 1.82) is 0 Å². The van der Waals surface area contributed by atoms with Crippen LogP contribution in [0.1, 0.15) is 37.9 Å². The topological polar surface area (TPSA) is 75.7 Å². The Labute approximate surface area is 167 Å². The summed E-state index contributed by atoms with van der Waals surface area (Å²) >= 11 is 0. The molecule has 1 amide bonds. The maximum absolute atomic E-state index is 12.6. The smallest absolute Gasteiger partial charge is 0.243 e. The van der Waals surface area contributed by atoms with Gasteiger partial charge in [0.05, 0.1) is 24.5 Å². The van der Waals surface area contributed by atoms with Crippen LogP contribution in [0, 0.1) is 0 Å². The van der Waals surface area contributed by atoms with E-state index in [1.807, 2.05) is 45.0 Å². The number of nitrogens with one attached hydrogen (secondary N) is 1. The summed E-state index contributed by atoms with van der Waals surface area (Å²) in [5.74, 6) is 0.601. The van der Waals surface area contributed by atoms with Crippen molar-refractivity contribution in [3.05, 3.63) is 59.7 Å². The van der Waals surface area contributed by atoms with Gasteiger partial charge in [-0.3, -0.25) is 4.79 Å². The van der Waals surface area contributed by atoms with Crippen LogP contribution in [0.3, 0.4) is 0 Å². The third-order valence-corrected chi connectivity index (χ3v) is 6.66. The molecule has 6 nitrogen and oxygen atoms in total. The Morgan fingerprint density at radius 3 is 2.32 bits per heavy atom. The number of carbonyl (C=O) groups excluding carboxylic acids is 1. The Hall–Kier alpha value is -2.38. The van der Waals surface area contributed by atoms with Gasteiger partial charge >= 0.3 is 0 Å². The van der Waals surface area contributed by atoms with E-state index in [0.717, 1.165) is 11.1 Å². The number of methoxy groups -OCH3 is 1. The second-order valence-electron chi connectivity index (χ2n) is 6.48. The minimum Gasteiger partial charge on any atom is -0.497 e. The minimum absolute atomic E-state index is 0.111. The van der Waals surface area contributed by atoms with E-state index in [0.29, 0.717) is 18.8 Å². The van der Waals surface area contributed by atoms with Gasteiger partial charge in [0.25, 0.3) is 0 Å². The molecule has 0 bridgehead atoms. The monoisotopic (exact) mass is 404 g/mol. The Morgan fingerprint density at radius 2 is 1.75 bits per heavy atom. The second kappa shape index (κ2) is 9.71. The van der Waals surface area contributed by atoms with Crippen molar-refractivity contribution < 1.29 is 17.9 Å². The highest BCUT2D eigenvalue weighted by Crippen LogP contribution is 2.20. The van der Waals surface area contributed by atoms with Gasteiger partial charge in [0.1, 0.15) is 5.75 Å². The van der Waals surface area contributed by atoms with Gasteiger partial charge in [0.15, 0.2) is 0 Å². The van der Waals surface area contributed by atoms with Crippen molar-refractivity contribution in [2.24, 2.45) is 0 Å². The highest BCUT2D eigenvalue weighted by Gasteiger charge is 2.21. The van der Waals surface area contributed by atoms with Crippen molar-refractivity contribution in [2.45, 2.75) is 38.1 Å². The van der Waals surface area contributed by atoms with Crippen LogP contribution in [0.4, 0.5) is 0 Å². The van der Waals surface area contributed by atoms with Gasteiger partial charge in [-0.1, -0.05) is 38.1 Å². The molecule has 0 radical (unpaired) electrons. The maximum atomic E-state index is 12.6. The number of rotatable bonds is 9. The number of benzene rings is 2. The minimum atomic E-state index is -3.48. The lowest BCUT2D eigenvalue weighted by Crippen LogP contribution is -2.30. The quantitative estimate of drug-likeness (QED) is 0.697.